The van der Waals surface area contributed by atoms with Crippen molar-refractivity contribution in [1.82, 2.24) is 25.2 Å². The number of likely N-dealkylation sites (tertiary alicyclic amines) is 1. The standard InChI is InChI=1S/C29H45N5O4/c1-29(2,3)26(31-27(36)23(19-34(38)20-35)17-21-7-4-5-8-21)28(37)32-14-10-24(11-15-32)33-16-12-25-22(18-33)9-6-13-30-25/h6,9,13,20-21,23-24,26,38H,4-5,7-8,10-12,14-19H2,1-3H3,(H,31,36)/t23-,26-/m1/s1. The minimum absolute atomic E-state index is 0.0478. The number of carbonyl (C=O) groups is 3. The van der Waals surface area contributed by atoms with Crippen molar-refractivity contribution in [1.29, 1.82) is 0 Å². The zero-order chi connectivity index (χ0) is 27.3. The van der Waals surface area contributed by atoms with Gasteiger partial charge in [-0.1, -0.05) is 52.5 Å². The first-order chi connectivity index (χ1) is 18.2. The zero-order valence-corrected chi connectivity index (χ0v) is 23.3. The Kier molecular flexibility index (Phi) is 9.41. The number of hydrogen-bond acceptors (Lipinski definition) is 6. The highest BCUT2D eigenvalue weighted by Gasteiger charge is 2.39. The lowest BCUT2D eigenvalue weighted by Gasteiger charge is -2.42. The third-order valence-corrected chi connectivity index (χ3v) is 8.68. The molecule has 0 aromatic carbocycles. The molecule has 2 aliphatic heterocycles. The van der Waals surface area contributed by atoms with Gasteiger partial charge in [0.2, 0.25) is 18.2 Å². The Hall–Kier alpha value is -2.52. The van der Waals surface area contributed by atoms with Crippen molar-refractivity contribution < 1.29 is 19.6 Å². The third-order valence-electron chi connectivity index (χ3n) is 8.68. The molecule has 0 bridgehead atoms. The van der Waals surface area contributed by atoms with Gasteiger partial charge in [0.1, 0.15) is 6.04 Å². The van der Waals surface area contributed by atoms with Gasteiger partial charge in [-0.3, -0.25) is 29.5 Å². The van der Waals surface area contributed by atoms with Crippen LogP contribution in [0.1, 0.15) is 77.0 Å². The van der Waals surface area contributed by atoms with Crippen LogP contribution < -0.4 is 5.32 Å². The number of pyridine rings is 1. The molecule has 4 rings (SSSR count). The number of amides is 3. The topological polar surface area (TPSA) is 106 Å². The van der Waals surface area contributed by atoms with Crippen molar-refractivity contribution in [2.45, 2.75) is 90.8 Å². The van der Waals surface area contributed by atoms with Gasteiger partial charge < -0.3 is 10.2 Å². The second-order valence-corrected chi connectivity index (χ2v) is 12.5. The maximum atomic E-state index is 13.7. The number of hydrogen-bond donors (Lipinski definition) is 2. The molecule has 3 heterocycles. The molecule has 1 aromatic heterocycles. The molecule has 210 valence electrons. The van der Waals surface area contributed by atoms with E-state index in [2.05, 4.69) is 21.3 Å². The van der Waals surface area contributed by atoms with Crippen molar-refractivity contribution >= 4 is 18.2 Å². The van der Waals surface area contributed by atoms with Crippen LogP contribution in [0.2, 0.25) is 0 Å². The molecule has 1 saturated heterocycles. The minimum Gasteiger partial charge on any atom is -0.344 e. The second-order valence-electron chi connectivity index (χ2n) is 12.5. The molecule has 9 heteroatoms. The van der Waals surface area contributed by atoms with Gasteiger partial charge in [-0.15, -0.1) is 0 Å². The molecule has 0 spiro atoms. The molecule has 0 radical (unpaired) electrons. The predicted octanol–water partition coefficient (Wildman–Crippen LogP) is 3.01. The van der Waals surface area contributed by atoms with E-state index in [4.69, 9.17) is 0 Å². The maximum absolute atomic E-state index is 13.7. The average Bonchev–Trinajstić information content (AvgIpc) is 3.43. The SMILES string of the molecule is CC(C)(C)[C@H](NC(=O)[C@H](CC1CCCC1)CN(O)C=O)C(=O)N1CCC(N2CCc3ncccc3C2)CC1. The number of carbonyl (C=O) groups excluding carboxylic acids is 3. The van der Waals surface area contributed by atoms with Crippen LogP contribution in [-0.4, -0.2) is 81.5 Å². The van der Waals surface area contributed by atoms with Crippen molar-refractivity contribution in [3.63, 3.8) is 0 Å². The molecule has 2 N–H and O–H groups in total. The van der Waals surface area contributed by atoms with Gasteiger partial charge in [0, 0.05) is 50.5 Å². The Morgan fingerprint density at radius 1 is 1.18 bits per heavy atom. The summed E-state index contributed by atoms with van der Waals surface area (Å²) in [4.78, 5) is 47.2. The maximum Gasteiger partial charge on any atom is 0.245 e. The summed E-state index contributed by atoms with van der Waals surface area (Å²) in [5, 5.41) is 13.4. The Balaban J connectivity index is 1.36. The normalized spacial score (nSPS) is 21.0. The molecule has 38 heavy (non-hydrogen) atoms. The summed E-state index contributed by atoms with van der Waals surface area (Å²) in [6.07, 6.45) is 10.0. The summed E-state index contributed by atoms with van der Waals surface area (Å²) in [5.74, 6) is -0.450. The van der Waals surface area contributed by atoms with E-state index in [-0.39, 0.29) is 18.4 Å². The fourth-order valence-corrected chi connectivity index (χ4v) is 6.42. The molecule has 2 fully saturated rings. The van der Waals surface area contributed by atoms with E-state index in [1.165, 1.54) is 11.3 Å². The number of nitrogens with one attached hydrogen (secondary N) is 1. The van der Waals surface area contributed by atoms with E-state index >= 15 is 0 Å². The molecular weight excluding hydrogens is 482 g/mol. The summed E-state index contributed by atoms with van der Waals surface area (Å²) >= 11 is 0. The lowest BCUT2D eigenvalue weighted by atomic mass is 9.84. The highest BCUT2D eigenvalue weighted by Crippen LogP contribution is 2.32. The number of piperidine rings is 1. The van der Waals surface area contributed by atoms with Gasteiger partial charge in [0.15, 0.2) is 0 Å². The van der Waals surface area contributed by atoms with Crippen LogP contribution in [0.25, 0.3) is 0 Å². The molecule has 1 saturated carbocycles. The molecule has 1 aromatic rings. The molecule has 3 aliphatic rings. The van der Waals surface area contributed by atoms with Crippen LogP contribution in [0.15, 0.2) is 18.3 Å². The van der Waals surface area contributed by atoms with Gasteiger partial charge in [0.05, 0.1) is 12.5 Å². The highest BCUT2D eigenvalue weighted by atomic mass is 16.5. The van der Waals surface area contributed by atoms with Crippen LogP contribution >= 0.6 is 0 Å². The van der Waals surface area contributed by atoms with E-state index in [1.54, 1.807) is 0 Å². The first-order valence-corrected chi connectivity index (χ1v) is 14.3. The number of rotatable bonds is 9. The van der Waals surface area contributed by atoms with Crippen molar-refractivity contribution in [3.05, 3.63) is 29.6 Å². The van der Waals surface area contributed by atoms with Crippen LogP contribution in [0.3, 0.4) is 0 Å². The van der Waals surface area contributed by atoms with Crippen molar-refractivity contribution in [3.8, 4) is 0 Å². The smallest absolute Gasteiger partial charge is 0.245 e. The number of fused-ring (bicyclic) bond motifs is 1. The van der Waals surface area contributed by atoms with E-state index in [0.29, 0.717) is 42.9 Å². The monoisotopic (exact) mass is 527 g/mol. The summed E-state index contributed by atoms with van der Waals surface area (Å²) in [7, 11) is 0. The lowest BCUT2D eigenvalue weighted by molar-refractivity contribution is -0.156. The molecule has 1 aliphatic carbocycles. The first-order valence-electron chi connectivity index (χ1n) is 14.3. The Bertz CT molecular complexity index is 966. The van der Waals surface area contributed by atoms with E-state index < -0.39 is 17.4 Å². The fraction of sp³-hybridized carbons (Fsp3) is 0.724. The number of aromatic nitrogens is 1. The summed E-state index contributed by atoms with van der Waals surface area (Å²) in [5.41, 5.74) is 2.02. The van der Waals surface area contributed by atoms with E-state index in [9.17, 15) is 19.6 Å². The molecular formula is C29H45N5O4. The zero-order valence-electron chi connectivity index (χ0n) is 23.3. The van der Waals surface area contributed by atoms with Crippen LogP contribution in [-0.2, 0) is 27.3 Å². The predicted molar refractivity (Wildman–Crippen MR) is 144 cm³/mol. The van der Waals surface area contributed by atoms with Crippen LogP contribution in [0.5, 0.6) is 0 Å². The fourth-order valence-electron chi connectivity index (χ4n) is 6.42. The molecule has 3 amide bonds. The first kappa shape index (κ1) is 28.5. The minimum atomic E-state index is -0.672. The van der Waals surface area contributed by atoms with E-state index in [0.717, 1.165) is 58.0 Å². The Labute approximate surface area is 226 Å². The van der Waals surface area contributed by atoms with Gasteiger partial charge in [-0.05, 0) is 42.2 Å². The van der Waals surface area contributed by atoms with Gasteiger partial charge in [-0.2, -0.15) is 0 Å². The highest BCUT2D eigenvalue weighted by molar-refractivity contribution is 5.89. The van der Waals surface area contributed by atoms with Crippen LogP contribution in [0.4, 0.5) is 0 Å². The summed E-state index contributed by atoms with van der Waals surface area (Å²) in [6.45, 7) is 9.10. The Morgan fingerprint density at radius 2 is 1.89 bits per heavy atom. The van der Waals surface area contributed by atoms with Gasteiger partial charge in [0.25, 0.3) is 0 Å². The van der Waals surface area contributed by atoms with E-state index in [1.807, 2.05) is 37.9 Å². The molecule has 0 unspecified atom stereocenters. The summed E-state index contributed by atoms with van der Waals surface area (Å²) in [6, 6.07) is 3.92. The second kappa shape index (κ2) is 12.6. The average molecular weight is 528 g/mol. The van der Waals surface area contributed by atoms with Gasteiger partial charge >= 0.3 is 0 Å². The lowest BCUT2D eigenvalue weighted by Crippen LogP contribution is -2.58. The molecule has 9 nitrogen and oxygen atoms in total. The quantitative estimate of drug-likeness (QED) is 0.291. The van der Waals surface area contributed by atoms with Gasteiger partial charge in [-0.25, -0.2) is 5.06 Å². The number of hydroxylamine groups is 2. The molecule has 2 atom stereocenters. The van der Waals surface area contributed by atoms with Crippen molar-refractivity contribution in [2.75, 3.05) is 26.2 Å². The van der Waals surface area contributed by atoms with Crippen molar-refractivity contribution in [2.24, 2.45) is 17.3 Å². The third kappa shape index (κ3) is 7.11. The summed E-state index contributed by atoms with van der Waals surface area (Å²) < 4.78 is 0. The Morgan fingerprint density at radius 3 is 2.55 bits per heavy atom. The largest absolute Gasteiger partial charge is 0.344 e. The number of nitrogens with zero attached hydrogens (tertiary/aromatic N) is 4. The van der Waals surface area contributed by atoms with Crippen LogP contribution in [0, 0.1) is 17.3 Å².